The van der Waals surface area contributed by atoms with E-state index in [2.05, 4.69) is 5.32 Å². The molecule has 0 saturated heterocycles. The molecule has 174 valence electrons. The lowest BCUT2D eigenvalue weighted by atomic mass is 9.84. The molecule has 1 aliphatic carbocycles. The molecule has 1 N–H and O–H groups in total. The number of hydrogen-bond donors (Lipinski definition) is 1. The number of hydrogen-bond acceptors (Lipinski definition) is 5. The third-order valence-corrected chi connectivity index (χ3v) is 7.67. The molecule has 1 amide bonds. The van der Waals surface area contributed by atoms with Gasteiger partial charge in [-0.05, 0) is 43.7 Å². The van der Waals surface area contributed by atoms with E-state index in [0.717, 1.165) is 9.87 Å². The Morgan fingerprint density at radius 3 is 2.09 bits per heavy atom. The maximum atomic E-state index is 13.1. The monoisotopic (exact) mass is 476 g/mol. The standard InChI is InChI=1S/C26H24N2O5S/c1-17-9-11-18(12-10-17)27-24(29)8-5-15-28(2)34(32,33)19-13-14-22-23(16-19)26(31)21-7-4-3-6-20(21)25(22)30/h3-4,6-7,9-14,16H,5,8,15H2,1-2H3,(H,27,29). The molecule has 0 aliphatic heterocycles. The Kier molecular flexibility index (Phi) is 6.45. The smallest absolute Gasteiger partial charge is 0.242 e. The molecular weight excluding hydrogens is 452 g/mol. The Bertz CT molecular complexity index is 1390. The van der Waals surface area contributed by atoms with E-state index in [-0.39, 0.29) is 52.0 Å². The van der Waals surface area contributed by atoms with E-state index in [0.29, 0.717) is 17.7 Å². The van der Waals surface area contributed by atoms with E-state index in [9.17, 15) is 22.8 Å². The highest BCUT2D eigenvalue weighted by Gasteiger charge is 2.31. The zero-order valence-electron chi connectivity index (χ0n) is 18.9. The number of nitrogens with zero attached hydrogens (tertiary/aromatic N) is 1. The molecule has 0 fully saturated rings. The number of ketones is 2. The van der Waals surface area contributed by atoms with Gasteiger partial charge in [-0.25, -0.2) is 12.7 Å². The Balaban J connectivity index is 1.43. The van der Waals surface area contributed by atoms with Crippen LogP contribution in [0.1, 0.15) is 50.2 Å². The summed E-state index contributed by atoms with van der Waals surface area (Å²) in [5.74, 6) is -0.883. The van der Waals surface area contributed by atoms with Crippen LogP contribution in [0.25, 0.3) is 0 Å². The van der Waals surface area contributed by atoms with Gasteiger partial charge in [0.2, 0.25) is 15.9 Å². The van der Waals surface area contributed by atoms with Gasteiger partial charge < -0.3 is 5.32 Å². The van der Waals surface area contributed by atoms with Crippen LogP contribution in [0.15, 0.2) is 71.6 Å². The molecule has 0 saturated carbocycles. The number of amides is 1. The van der Waals surface area contributed by atoms with Crippen molar-refractivity contribution in [2.75, 3.05) is 18.9 Å². The summed E-state index contributed by atoms with van der Waals surface area (Å²) in [5.41, 5.74) is 2.63. The zero-order chi connectivity index (χ0) is 24.5. The van der Waals surface area contributed by atoms with Crippen molar-refractivity contribution in [1.29, 1.82) is 0 Å². The molecule has 3 aromatic carbocycles. The molecule has 34 heavy (non-hydrogen) atoms. The zero-order valence-corrected chi connectivity index (χ0v) is 19.7. The van der Waals surface area contributed by atoms with Crippen LogP contribution in [0.2, 0.25) is 0 Å². The molecule has 0 spiro atoms. The molecule has 0 unspecified atom stereocenters. The first kappa shape index (κ1) is 23.5. The van der Waals surface area contributed by atoms with Crippen LogP contribution in [-0.4, -0.2) is 43.8 Å². The molecule has 0 aromatic heterocycles. The highest BCUT2D eigenvalue weighted by molar-refractivity contribution is 7.89. The van der Waals surface area contributed by atoms with Gasteiger partial charge >= 0.3 is 0 Å². The second-order valence-corrected chi connectivity index (χ2v) is 10.3. The van der Waals surface area contributed by atoms with E-state index in [4.69, 9.17) is 0 Å². The van der Waals surface area contributed by atoms with Gasteiger partial charge in [0.05, 0.1) is 4.90 Å². The summed E-state index contributed by atoms with van der Waals surface area (Å²) < 4.78 is 27.3. The van der Waals surface area contributed by atoms with Crippen LogP contribution >= 0.6 is 0 Å². The molecule has 1 aliphatic rings. The second-order valence-electron chi connectivity index (χ2n) is 8.26. The molecule has 3 aromatic rings. The lowest BCUT2D eigenvalue weighted by molar-refractivity contribution is -0.116. The molecule has 4 rings (SSSR count). The fraction of sp³-hybridized carbons (Fsp3) is 0.192. The van der Waals surface area contributed by atoms with E-state index < -0.39 is 10.0 Å². The predicted molar refractivity (Wildman–Crippen MR) is 129 cm³/mol. The van der Waals surface area contributed by atoms with Crippen LogP contribution in [0.4, 0.5) is 5.69 Å². The van der Waals surface area contributed by atoms with Crippen molar-refractivity contribution in [1.82, 2.24) is 4.31 Å². The van der Waals surface area contributed by atoms with Crippen LogP contribution in [0.3, 0.4) is 0 Å². The van der Waals surface area contributed by atoms with Gasteiger partial charge in [0, 0.05) is 48.0 Å². The number of anilines is 1. The molecule has 7 nitrogen and oxygen atoms in total. The molecule has 0 radical (unpaired) electrons. The minimum absolute atomic E-state index is 0.0709. The van der Waals surface area contributed by atoms with Gasteiger partial charge in [0.25, 0.3) is 0 Å². The molecule has 0 heterocycles. The molecular formula is C26H24N2O5S. The van der Waals surface area contributed by atoms with Gasteiger partial charge in [-0.15, -0.1) is 0 Å². The highest BCUT2D eigenvalue weighted by atomic mass is 32.2. The fourth-order valence-corrected chi connectivity index (χ4v) is 5.10. The van der Waals surface area contributed by atoms with Crippen LogP contribution in [0.5, 0.6) is 0 Å². The quantitative estimate of drug-likeness (QED) is 0.437. The third kappa shape index (κ3) is 4.55. The highest BCUT2D eigenvalue weighted by Crippen LogP contribution is 2.29. The Morgan fingerprint density at radius 2 is 1.44 bits per heavy atom. The van der Waals surface area contributed by atoms with Gasteiger partial charge in [0.1, 0.15) is 0 Å². The minimum Gasteiger partial charge on any atom is -0.326 e. The number of aryl methyl sites for hydroxylation is 1. The van der Waals surface area contributed by atoms with Crippen molar-refractivity contribution < 1.29 is 22.8 Å². The lowest BCUT2D eigenvalue weighted by Crippen LogP contribution is -2.29. The van der Waals surface area contributed by atoms with Gasteiger partial charge in [-0.2, -0.15) is 0 Å². The van der Waals surface area contributed by atoms with Crippen molar-refractivity contribution in [2.45, 2.75) is 24.7 Å². The third-order valence-electron chi connectivity index (χ3n) is 5.82. The lowest BCUT2D eigenvalue weighted by Gasteiger charge is -2.20. The van der Waals surface area contributed by atoms with Gasteiger partial charge in [0.15, 0.2) is 11.6 Å². The summed E-state index contributed by atoms with van der Waals surface area (Å²) in [6, 6.07) is 17.9. The SMILES string of the molecule is Cc1ccc(NC(=O)CCCN(C)S(=O)(=O)c2ccc3c(c2)C(=O)c2ccccc2C3=O)cc1. The summed E-state index contributed by atoms with van der Waals surface area (Å²) in [6.45, 7) is 2.08. The Hall–Kier alpha value is -3.62. The number of carbonyl (C=O) groups is 3. The minimum atomic E-state index is -3.91. The number of carbonyl (C=O) groups excluding carboxylic acids is 3. The van der Waals surface area contributed by atoms with Crippen molar-refractivity contribution in [3.8, 4) is 0 Å². The van der Waals surface area contributed by atoms with Gasteiger partial charge in [-0.3, -0.25) is 14.4 Å². The van der Waals surface area contributed by atoms with E-state index in [1.165, 1.54) is 25.2 Å². The average Bonchev–Trinajstić information content (AvgIpc) is 2.83. The van der Waals surface area contributed by atoms with E-state index in [1.807, 2.05) is 31.2 Å². The Morgan fingerprint density at radius 1 is 0.853 bits per heavy atom. The maximum Gasteiger partial charge on any atom is 0.242 e. The average molecular weight is 477 g/mol. The summed E-state index contributed by atoms with van der Waals surface area (Å²) in [7, 11) is -2.49. The van der Waals surface area contributed by atoms with Crippen molar-refractivity contribution in [2.24, 2.45) is 0 Å². The number of rotatable bonds is 7. The predicted octanol–water partition coefficient (Wildman–Crippen LogP) is 3.81. The summed E-state index contributed by atoms with van der Waals surface area (Å²) in [4.78, 5) is 37.8. The first-order valence-corrected chi connectivity index (χ1v) is 12.3. The molecule has 0 atom stereocenters. The van der Waals surface area contributed by atoms with Crippen molar-refractivity contribution in [3.05, 3.63) is 94.5 Å². The normalized spacial score (nSPS) is 12.9. The first-order chi connectivity index (χ1) is 16.2. The van der Waals surface area contributed by atoms with Crippen molar-refractivity contribution in [3.63, 3.8) is 0 Å². The fourth-order valence-electron chi connectivity index (χ4n) is 3.86. The van der Waals surface area contributed by atoms with Crippen LogP contribution in [0, 0.1) is 6.92 Å². The summed E-state index contributed by atoms with van der Waals surface area (Å²) >= 11 is 0. The topological polar surface area (TPSA) is 101 Å². The first-order valence-electron chi connectivity index (χ1n) is 10.8. The number of sulfonamides is 1. The number of nitrogens with one attached hydrogen (secondary N) is 1. The largest absolute Gasteiger partial charge is 0.326 e. The van der Waals surface area contributed by atoms with Crippen molar-refractivity contribution >= 4 is 33.2 Å². The van der Waals surface area contributed by atoms with E-state index >= 15 is 0 Å². The summed E-state index contributed by atoms with van der Waals surface area (Å²) in [6.07, 6.45) is 0.477. The Labute approximate surface area is 198 Å². The van der Waals surface area contributed by atoms with Crippen LogP contribution in [-0.2, 0) is 14.8 Å². The second kappa shape index (κ2) is 9.32. The molecule has 0 bridgehead atoms. The number of benzene rings is 3. The molecule has 8 heteroatoms. The van der Waals surface area contributed by atoms with Gasteiger partial charge in [-0.1, -0.05) is 42.0 Å². The van der Waals surface area contributed by atoms with E-state index in [1.54, 1.807) is 24.3 Å². The summed E-state index contributed by atoms with van der Waals surface area (Å²) in [5, 5.41) is 2.79. The van der Waals surface area contributed by atoms with Crippen LogP contribution < -0.4 is 5.32 Å². The maximum absolute atomic E-state index is 13.1. The number of fused-ring (bicyclic) bond motifs is 2.